The summed E-state index contributed by atoms with van der Waals surface area (Å²) < 4.78 is 31.3. The first-order chi connectivity index (χ1) is 21.8. The normalized spacial score (nSPS) is 14.2. The number of carbonyl (C=O) groups is 2. The number of nitrogens with zero attached hydrogens (tertiary/aromatic N) is 6. The quantitative estimate of drug-likeness (QED) is 0.228. The number of anilines is 2. The third-order valence-electron chi connectivity index (χ3n) is 7.71. The maximum atomic E-state index is 13.4. The minimum absolute atomic E-state index is 0.0724. The molecular weight excluding hydrogens is 584 g/mol. The maximum absolute atomic E-state index is 13.4. The monoisotopic (exact) mass is 615 g/mol. The Labute approximate surface area is 256 Å². The zero-order chi connectivity index (χ0) is 31.5. The molecule has 2 amide bonds. The maximum Gasteiger partial charge on any atom is 0.387 e. The predicted molar refractivity (Wildman–Crippen MR) is 162 cm³/mol. The lowest BCUT2D eigenvalue weighted by Crippen LogP contribution is -2.54. The fourth-order valence-corrected chi connectivity index (χ4v) is 5.40. The second-order valence-corrected chi connectivity index (χ2v) is 10.7. The summed E-state index contributed by atoms with van der Waals surface area (Å²) in [7, 11) is 0. The van der Waals surface area contributed by atoms with Gasteiger partial charge in [-0.3, -0.25) is 14.0 Å². The number of nitrogens with two attached hydrogens (primary N) is 1. The number of rotatable bonds is 9. The van der Waals surface area contributed by atoms with Crippen LogP contribution in [0.15, 0.2) is 73.6 Å². The molecule has 14 heteroatoms. The molecule has 2 aromatic carbocycles. The van der Waals surface area contributed by atoms with Crippen LogP contribution in [-0.2, 0) is 11.2 Å². The topological polar surface area (TPSA) is 147 Å². The highest BCUT2D eigenvalue weighted by Gasteiger charge is 2.28. The van der Waals surface area contributed by atoms with Gasteiger partial charge in [0.25, 0.3) is 5.91 Å². The summed E-state index contributed by atoms with van der Waals surface area (Å²) in [6.07, 6.45) is 8.65. The Balaban J connectivity index is 1.10. The third kappa shape index (κ3) is 6.45. The van der Waals surface area contributed by atoms with Crippen LogP contribution in [0.25, 0.3) is 16.9 Å². The Morgan fingerprint density at radius 1 is 1.04 bits per heavy atom. The molecule has 0 saturated carbocycles. The van der Waals surface area contributed by atoms with Crippen molar-refractivity contribution in [1.29, 1.82) is 0 Å². The lowest BCUT2D eigenvalue weighted by Gasteiger charge is -2.36. The number of benzene rings is 2. The lowest BCUT2D eigenvalue weighted by atomic mass is 10.1. The minimum atomic E-state index is -2.89. The molecule has 1 aliphatic heterocycles. The highest BCUT2D eigenvalue weighted by atomic mass is 19.3. The number of imidazole rings is 2. The van der Waals surface area contributed by atoms with Gasteiger partial charge >= 0.3 is 6.61 Å². The van der Waals surface area contributed by atoms with Gasteiger partial charge in [-0.1, -0.05) is 0 Å². The number of hydrogen-bond acceptors (Lipinski definition) is 8. The summed E-state index contributed by atoms with van der Waals surface area (Å²) in [6.45, 7) is 0.632. The molecule has 1 fully saturated rings. The van der Waals surface area contributed by atoms with Crippen LogP contribution in [0.5, 0.6) is 5.75 Å². The van der Waals surface area contributed by atoms with Gasteiger partial charge in [-0.25, -0.2) is 15.0 Å². The second-order valence-electron chi connectivity index (χ2n) is 10.7. The van der Waals surface area contributed by atoms with Crippen LogP contribution in [0.2, 0.25) is 0 Å². The molecule has 0 bridgehead atoms. The number of aromatic nitrogens is 5. The number of carbonyl (C=O) groups excluding carboxylic acids is 2. The van der Waals surface area contributed by atoms with E-state index < -0.39 is 12.7 Å². The van der Waals surface area contributed by atoms with E-state index in [9.17, 15) is 18.4 Å². The van der Waals surface area contributed by atoms with E-state index >= 15 is 0 Å². The summed E-state index contributed by atoms with van der Waals surface area (Å²) in [5.41, 5.74) is 11.1. The van der Waals surface area contributed by atoms with Gasteiger partial charge in [0.2, 0.25) is 5.91 Å². The predicted octanol–water partition coefficient (Wildman–Crippen LogP) is 3.63. The molecule has 0 radical (unpaired) electrons. The fraction of sp³-hybridized carbons (Fsp3) is 0.258. The second kappa shape index (κ2) is 12.7. The molecule has 0 spiro atoms. The number of piperazine rings is 1. The smallest absolute Gasteiger partial charge is 0.387 e. The molecule has 1 saturated heterocycles. The van der Waals surface area contributed by atoms with Crippen LogP contribution >= 0.6 is 0 Å². The number of ether oxygens (including phenoxy) is 1. The van der Waals surface area contributed by atoms with Crippen molar-refractivity contribution in [3.05, 3.63) is 90.4 Å². The van der Waals surface area contributed by atoms with Crippen LogP contribution in [0.4, 0.5) is 20.3 Å². The Morgan fingerprint density at radius 3 is 2.49 bits per heavy atom. The van der Waals surface area contributed by atoms with Crippen molar-refractivity contribution in [2.75, 3.05) is 31.5 Å². The zero-order valence-corrected chi connectivity index (χ0v) is 24.4. The number of H-pyrrole nitrogens is 1. The molecule has 4 heterocycles. The van der Waals surface area contributed by atoms with E-state index in [2.05, 4.69) is 30.0 Å². The van der Waals surface area contributed by atoms with Gasteiger partial charge in [-0.15, -0.1) is 0 Å². The molecule has 45 heavy (non-hydrogen) atoms. The Bertz CT molecular complexity index is 1800. The van der Waals surface area contributed by atoms with E-state index in [0.717, 1.165) is 28.2 Å². The summed E-state index contributed by atoms with van der Waals surface area (Å²) in [6, 6.07) is 11.1. The molecule has 1 aliphatic rings. The fourth-order valence-electron chi connectivity index (χ4n) is 5.40. The van der Waals surface area contributed by atoms with E-state index in [1.165, 1.54) is 12.1 Å². The molecule has 1 atom stereocenters. The van der Waals surface area contributed by atoms with E-state index in [-0.39, 0.29) is 17.6 Å². The van der Waals surface area contributed by atoms with Crippen LogP contribution in [0, 0.1) is 6.92 Å². The zero-order valence-electron chi connectivity index (χ0n) is 24.4. The van der Waals surface area contributed by atoms with E-state index in [0.29, 0.717) is 49.6 Å². The van der Waals surface area contributed by atoms with Crippen molar-refractivity contribution in [2.24, 2.45) is 5.73 Å². The van der Waals surface area contributed by atoms with Gasteiger partial charge < -0.3 is 30.6 Å². The van der Waals surface area contributed by atoms with Gasteiger partial charge in [0.05, 0.1) is 24.3 Å². The van der Waals surface area contributed by atoms with Crippen molar-refractivity contribution in [3.8, 4) is 17.0 Å². The molecule has 4 N–H and O–H groups in total. The number of aryl methyl sites for hydroxylation is 1. The average Bonchev–Trinajstić information content (AvgIpc) is 3.71. The number of fused-ring (bicyclic) bond motifs is 1. The number of nitrogens with one attached hydrogen (secondary N) is 2. The van der Waals surface area contributed by atoms with E-state index in [1.54, 1.807) is 59.1 Å². The minimum Gasteiger partial charge on any atom is -0.435 e. The highest BCUT2D eigenvalue weighted by Crippen LogP contribution is 2.28. The third-order valence-corrected chi connectivity index (χ3v) is 7.71. The number of hydrogen-bond donors (Lipinski definition) is 3. The Morgan fingerprint density at radius 2 is 1.80 bits per heavy atom. The largest absolute Gasteiger partial charge is 0.435 e. The van der Waals surface area contributed by atoms with Crippen molar-refractivity contribution in [2.45, 2.75) is 26.0 Å². The molecule has 12 nitrogen and oxygen atoms in total. The summed E-state index contributed by atoms with van der Waals surface area (Å²) >= 11 is 0. The first kappa shape index (κ1) is 29.7. The SMILES string of the molecule is Cc1cc(Nc2nccn3c(-c4ccc(OC(F)F)cc4)cnc23)ccc1C(=O)N1CCN(C(=O)C(N)Cc2cnc[nH]2)CC1. The van der Waals surface area contributed by atoms with Crippen molar-refractivity contribution < 1.29 is 23.1 Å². The van der Waals surface area contributed by atoms with Gasteiger partial charge in [-0.05, 0) is 55.0 Å². The van der Waals surface area contributed by atoms with Crippen LogP contribution in [-0.4, -0.2) is 84.8 Å². The number of aromatic amines is 1. The first-order valence-electron chi connectivity index (χ1n) is 14.3. The molecular formula is C31H31F2N9O3. The number of alkyl halides is 2. The lowest BCUT2D eigenvalue weighted by molar-refractivity contribution is -0.134. The molecule has 3 aromatic heterocycles. The number of halogens is 2. The van der Waals surface area contributed by atoms with Gasteiger partial charge in [0.15, 0.2) is 11.5 Å². The summed E-state index contributed by atoms with van der Waals surface area (Å²) in [4.78, 5) is 45.6. The van der Waals surface area contributed by atoms with Crippen molar-refractivity contribution >= 4 is 29.0 Å². The van der Waals surface area contributed by atoms with Crippen LogP contribution in [0.3, 0.4) is 0 Å². The molecule has 1 unspecified atom stereocenters. The first-order valence-corrected chi connectivity index (χ1v) is 14.3. The molecule has 5 aromatic rings. The molecule has 6 rings (SSSR count). The van der Waals surface area contributed by atoms with Gasteiger partial charge in [0, 0.05) is 73.7 Å². The number of amides is 2. The van der Waals surface area contributed by atoms with Gasteiger partial charge in [-0.2, -0.15) is 8.78 Å². The Hall–Kier alpha value is -5.37. The standard InChI is InChI=1S/C31H31F2N9O3/c1-19-14-21(39-27-28-37-17-26(42(28)9-8-36-27)20-2-5-23(6-3-20)45-31(32)33)4-7-24(19)29(43)40-10-12-41(13-11-40)30(44)25(34)15-22-16-35-18-38-22/h2-9,14,16-18,25,31H,10-13,15,34H2,1H3,(H,35,38)(H,36,39). The van der Waals surface area contributed by atoms with Crippen LogP contribution < -0.4 is 15.8 Å². The highest BCUT2D eigenvalue weighted by molar-refractivity contribution is 5.96. The van der Waals surface area contributed by atoms with E-state index in [1.807, 2.05) is 23.5 Å². The van der Waals surface area contributed by atoms with Crippen molar-refractivity contribution in [3.63, 3.8) is 0 Å². The summed E-state index contributed by atoms with van der Waals surface area (Å²) in [5, 5.41) is 3.29. The van der Waals surface area contributed by atoms with Gasteiger partial charge in [0.1, 0.15) is 5.75 Å². The van der Waals surface area contributed by atoms with Crippen LogP contribution in [0.1, 0.15) is 21.6 Å². The molecule has 232 valence electrons. The Kier molecular flexibility index (Phi) is 8.38. The van der Waals surface area contributed by atoms with Crippen molar-refractivity contribution in [1.82, 2.24) is 34.1 Å². The average molecular weight is 616 g/mol. The molecule has 0 aliphatic carbocycles. The van der Waals surface area contributed by atoms with E-state index in [4.69, 9.17) is 5.73 Å². The summed E-state index contributed by atoms with van der Waals surface area (Å²) in [5.74, 6) is 0.333.